The monoisotopic (exact) mass is 1140 g/mol. The number of hydrogen-bond donors (Lipinski definition) is 9. The fourth-order valence-corrected chi connectivity index (χ4v) is 11.0. The molecule has 80 heavy (non-hydrogen) atoms. The molecule has 0 saturated carbocycles. The van der Waals surface area contributed by atoms with E-state index in [4.69, 9.17) is 18.9 Å². The van der Waals surface area contributed by atoms with E-state index >= 15 is 0 Å². The largest absolute Gasteiger partial charge is 0.394 e. The third-order valence-corrected chi connectivity index (χ3v) is 16.4. The molecule has 0 aromatic rings. The Kier molecular flexibility index (Phi) is 47.9. The van der Waals surface area contributed by atoms with Crippen LogP contribution in [0, 0.1) is 0 Å². The van der Waals surface area contributed by atoms with Gasteiger partial charge in [-0.3, -0.25) is 4.79 Å². The minimum Gasteiger partial charge on any atom is -0.394 e. The second kappa shape index (κ2) is 51.6. The lowest BCUT2D eigenvalue weighted by Gasteiger charge is -2.46. The van der Waals surface area contributed by atoms with Crippen LogP contribution in [0.15, 0.2) is 36.5 Å². The number of rotatable bonds is 54. The van der Waals surface area contributed by atoms with Crippen LogP contribution in [-0.2, 0) is 23.7 Å². The predicted molar refractivity (Wildman–Crippen MR) is 323 cm³/mol. The van der Waals surface area contributed by atoms with Crippen molar-refractivity contribution in [1.29, 1.82) is 0 Å². The van der Waals surface area contributed by atoms with Crippen molar-refractivity contribution in [2.45, 2.75) is 357 Å². The highest BCUT2D eigenvalue weighted by atomic mass is 16.7. The fraction of sp³-hybridized carbons (Fsp3) is 0.894. The molecule has 470 valence electrons. The molecular weight excluding hydrogens is 1010 g/mol. The van der Waals surface area contributed by atoms with Crippen LogP contribution in [0.1, 0.15) is 284 Å². The number of nitrogens with one attached hydrogen (secondary N) is 1. The minimum atomic E-state index is -1.78. The molecule has 14 nitrogen and oxygen atoms in total. The number of carbonyl (C=O) groups excluding carboxylic acids is 1. The summed E-state index contributed by atoms with van der Waals surface area (Å²) in [7, 11) is 0. The van der Waals surface area contributed by atoms with Crippen LogP contribution in [0.3, 0.4) is 0 Å². The summed E-state index contributed by atoms with van der Waals surface area (Å²) in [6, 6.07) is -0.834. The van der Waals surface area contributed by atoms with Gasteiger partial charge in [0.2, 0.25) is 5.91 Å². The number of carbonyl (C=O) groups is 1. The van der Waals surface area contributed by atoms with Gasteiger partial charge in [-0.25, -0.2) is 0 Å². The summed E-state index contributed by atoms with van der Waals surface area (Å²) in [5, 5.41) is 87.5. The maximum absolute atomic E-state index is 13.3. The van der Waals surface area contributed by atoms with Crippen molar-refractivity contribution in [2.75, 3.05) is 19.8 Å². The molecule has 12 unspecified atom stereocenters. The Balaban J connectivity index is 1.71. The van der Waals surface area contributed by atoms with Gasteiger partial charge in [0.1, 0.15) is 48.8 Å². The number of amides is 1. The molecule has 1 amide bonds. The first-order valence-electron chi connectivity index (χ1n) is 33.2. The molecule has 12 atom stereocenters. The molecule has 2 rings (SSSR count). The first-order valence-corrected chi connectivity index (χ1v) is 33.2. The van der Waals surface area contributed by atoms with Crippen molar-refractivity contribution < 1.29 is 64.6 Å². The Morgan fingerprint density at radius 2 is 0.825 bits per heavy atom. The van der Waals surface area contributed by atoms with Gasteiger partial charge in [-0.15, -0.1) is 0 Å². The fourth-order valence-electron chi connectivity index (χ4n) is 11.0. The van der Waals surface area contributed by atoms with Gasteiger partial charge in [-0.05, 0) is 51.4 Å². The van der Waals surface area contributed by atoms with Crippen LogP contribution in [-0.4, -0.2) is 140 Å². The molecular formula is C66H123NO13. The van der Waals surface area contributed by atoms with Crippen LogP contribution in [0.2, 0.25) is 0 Å². The normalized spacial score (nSPS) is 24.4. The Bertz CT molecular complexity index is 1480. The van der Waals surface area contributed by atoms with Gasteiger partial charge in [0.15, 0.2) is 12.6 Å². The average molecular weight is 1140 g/mol. The summed E-state index contributed by atoms with van der Waals surface area (Å²) in [6.07, 6.45) is 47.1. The average Bonchev–Trinajstić information content (AvgIpc) is 3.46. The molecule has 2 heterocycles. The van der Waals surface area contributed by atoms with Crippen LogP contribution in [0.5, 0.6) is 0 Å². The smallest absolute Gasteiger partial charge is 0.220 e. The lowest BCUT2D eigenvalue weighted by Crippen LogP contribution is -2.65. The zero-order chi connectivity index (χ0) is 58.1. The van der Waals surface area contributed by atoms with E-state index in [-0.39, 0.29) is 12.5 Å². The number of unbranched alkanes of at least 4 members (excludes halogenated alkanes) is 35. The van der Waals surface area contributed by atoms with E-state index in [1.54, 1.807) is 0 Å². The number of hydrogen-bond acceptors (Lipinski definition) is 13. The molecule has 0 bridgehead atoms. The van der Waals surface area contributed by atoms with Gasteiger partial charge in [-0.1, -0.05) is 262 Å². The van der Waals surface area contributed by atoms with Gasteiger partial charge < -0.3 is 65.1 Å². The molecule has 0 aromatic heterocycles. The molecule has 0 aromatic carbocycles. The SMILES string of the molecule is CCCCCCC/C=C\C/C=C\C/C=C\CCCCCCCCCCC(=O)NC(COC1OC(CO)C(OC2OC(CO)C(O)C(O)C2O)C(O)C1O)C(O)CCCCCCCCCCCCCCCCCCCCCCCCC. The van der Waals surface area contributed by atoms with E-state index in [1.165, 1.54) is 186 Å². The molecule has 2 aliphatic rings. The third kappa shape index (κ3) is 36.1. The first-order chi connectivity index (χ1) is 39.1. The van der Waals surface area contributed by atoms with Crippen molar-refractivity contribution in [2.24, 2.45) is 0 Å². The van der Waals surface area contributed by atoms with E-state index in [2.05, 4.69) is 55.6 Å². The maximum Gasteiger partial charge on any atom is 0.220 e. The first kappa shape index (κ1) is 74.3. The zero-order valence-electron chi connectivity index (χ0n) is 50.8. The van der Waals surface area contributed by atoms with Gasteiger partial charge in [0, 0.05) is 6.42 Å². The van der Waals surface area contributed by atoms with Crippen molar-refractivity contribution in [3.63, 3.8) is 0 Å². The number of allylic oxidation sites excluding steroid dienone is 6. The number of aliphatic hydroxyl groups excluding tert-OH is 8. The second-order valence-corrected chi connectivity index (χ2v) is 23.6. The summed E-state index contributed by atoms with van der Waals surface area (Å²) in [4.78, 5) is 13.3. The Morgan fingerprint density at radius 3 is 1.26 bits per heavy atom. The Labute approximate surface area is 487 Å². The van der Waals surface area contributed by atoms with Crippen molar-refractivity contribution in [3.05, 3.63) is 36.5 Å². The van der Waals surface area contributed by atoms with Gasteiger partial charge >= 0.3 is 0 Å². The third-order valence-electron chi connectivity index (χ3n) is 16.4. The Hall–Kier alpha value is -1.79. The van der Waals surface area contributed by atoms with E-state index in [0.717, 1.165) is 64.2 Å². The standard InChI is InChI=1S/C66H123NO13/c1-3-5-7-9-11-13-15-17-19-21-23-25-27-29-31-33-35-37-39-41-43-45-47-49-55(70)54(53-77-65-63(76)61(74)64(57(52-69)79-65)80-66-62(75)60(73)59(72)56(51-68)78-66)67-58(71)50-48-46-44-42-40-38-36-34-32-30-28-26-24-22-20-18-16-14-12-10-8-6-4-2/h16,18,22,24,28,30,54-57,59-66,68-70,72-76H,3-15,17,19-21,23,25-27,29,31-53H2,1-2H3,(H,67,71)/b18-16-,24-22-,30-28-. The summed E-state index contributed by atoms with van der Waals surface area (Å²) >= 11 is 0. The van der Waals surface area contributed by atoms with Gasteiger partial charge in [0.05, 0.1) is 32.0 Å². The summed E-state index contributed by atoms with van der Waals surface area (Å²) in [5.74, 6) is -0.211. The van der Waals surface area contributed by atoms with Crippen LogP contribution in [0.4, 0.5) is 0 Å². The lowest BCUT2D eigenvalue weighted by atomic mass is 9.97. The predicted octanol–water partition coefficient (Wildman–Crippen LogP) is 12.6. The molecule has 2 saturated heterocycles. The zero-order valence-corrected chi connectivity index (χ0v) is 50.8. The van der Waals surface area contributed by atoms with Crippen LogP contribution >= 0.6 is 0 Å². The van der Waals surface area contributed by atoms with Crippen LogP contribution in [0.25, 0.3) is 0 Å². The highest BCUT2D eigenvalue weighted by Gasteiger charge is 2.51. The lowest BCUT2D eigenvalue weighted by molar-refractivity contribution is -0.359. The van der Waals surface area contributed by atoms with E-state index in [1.807, 2.05) is 0 Å². The summed E-state index contributed by atoms with van der Waals surface area (Å²) < 4.78 is 22.9. The molecule has 2 fully saturated rings. The molecule has 0 aliphatic carbocycles. The van der Waals surface area contributed by atoms with E-state index in [9.17, 15) is 45.6 Å². The minimum absolute atomic E-state index is 0.211. The van der Waals surface area contributed by atoms with Gasteiger partial charge in [-0.2, -0.15) is 0 Å². The van der Waals surface area contributed by atoms with Crippen molar-refractivity contribution in [1.82, 2.24) is 5.32 Å². The Morgan fingerprint density at radius 1 is 0.450 bits per heavy atom. The van der Waals surface area contributed by atoms with E-state index in [0.29, 0.717) is 19.3 Å². The van der Waals surface area contributed by atoms with Crippen molar-refractivity contribution >= 4 is 5.91 Å². The van der Waals surface area contributed by atoms with E-state index < -0.39 is 86.8 Å². The number of ether oxygens (including phenoxy) is 4. The summed E-state index contributed by atoms with van der Waals surface area (Å²) in [5.41, 5.74) is 0. The quantitative estimate of drug-likeness (QED) is 0.0204. The molecule has 0 spiro atoms. The molecule has 9 N–H and O–H groups in total. The van der Waals surface area contributed by atoms with Crippen LogP contribution < -0.4 is 5.32 Å². The number of aliphatic hydroxyl groups is 8. The highest BCUT2D eigenvalue weighted by Crippen LogP contribution is 2.30. The highest BCUT2D eigenvalue weighted by molar-refractivity contribution is 5.76. The topological polar surface area (TPSA) is 228 Å². The van der Waals surface area contributed by atoms with Crippen molar-refractivity contribution in [3.8, 4) is 0 Å². The second-order valence-electron chi connectivity index (χ2n) is 23.6. The molecule has 2 aliphatic heterocycles. The molecule has 14 heteroatoms. The summed E-state index contributed by atoms with van der Waals surface area (Å²) in [6.45, 7) is 2.88. The molecule has 0 radical (unpaired) electrons. The van der Waals surface area contributed by atoms with Gasteiger partial charge in [0.25, 0.3) is 0 Å². The maximum atomic E-state index is 13.3.